The highest BCUT2D eigenvalue weighted by Crippen LogP contribution is 2.61. The van der Waals surface area contributed by atoms with E-state index in [-0.39, 0.29) is 29.6 Å². The van der Waals surface area contributed by atoms with Crippen molar-refractivity contribution in [2.75, 3.05) is 20.8 Å². The second-order valence-electron chi connectivity index (χ2n) is 12.8. The monoisotopic (exact) mass is 662 g/mol. The number of alkyl halides is 2. The number of ether oxygens (including phenoxy) is 2. The van der Waals surface area contributed by atoms with Gasteiger partial charge in [0.25, 0.3) is 0 Å². The highest BCUT2D eigenvalue weighted by Gasteiger charge is 2.62. The zero-order valence-electron chi connectivity index (χ0n) is 24.6. The Kier molecular flexibility index (Phi) is 8.47. The lowest BCUT2D eigenvalue weighted by molar-refractivity contribution is -0.187. The summed E-state index contributed by atoms with van der Waals surface area (Å²) in [5, 5.41) is 39.8. The van der Waals surface area contributed by atoms with Gasteiger partial charge in [-0.05, 0) is 50.2 Å². The lowest BCUT2D eigenvalue weighted by atomic mass is 9.49. The van der Waals surface area contributed by atoms with E-state index in [1.807, 2.05) is 0 Å². The Hall–Kier alpha value is -2.37. The number of carbonyl (C=O) groups excluding carboxylic acids is 1. The van der Waals surface area contributed by atoms with Crippen molar-refractivity contribution in [2.45, 2.75) is 97.0 Å². The third kappa shape index (κ3) is 5.64. The van der Waals surface area contributed by atoms with Crippen LogP contribution >= 0.6 is 11.8 Å². The van der Waals surface area contributed by atoms with Gasteiger partial charge < -0.3 is 29.7 Å². The predicted molar refractivity (Wildman–Crippen MR) is 150 cm³/mol. The van der Waals surface area contributed by atoms with Crippen molar-refractivity contribution >= 4 is 17.7 Å². The standard InChI is InChI=1S/C29H35F5N4O6S/c1-37(27-9-14(10-27)11-27)25(41)24(28(42)3-5-29(33,34)6-4-28)45-26-23(43-2)21(22(40)19(13-39)44-26)38-12-18(35-36-38)15-7-16(30)20(32)17(31)8-15/h7-8,12,14,19,21-24,26,39-40,42H,3-6,9-11,13H2,1-2H3/t14?,19-,21+,22+,23-,24?,26+,27?/m1/s1. The van der Waals surface area contributed by atoms with Gasteiger partial charge in [0.1, 0.15) is 40.7 Å². The van der Waals surface area contributed by atoms with E-state index in [9.17, 15) is 42.1 Å². The zero-order valence-corrected chi connectivity index (χ0v) is 25.4. The maximum atomic E-state index is 14.2. The number of aromatic nitrogens is 3. The fourth-order valence-electron chi connectivity index (χ4n) is 7.09. The third-order valence-electron chi connectivity index (χ3n) is 10.1. The number of methoxy groups -OCH3 is 1. The number of benzene rings is 1. The van der Waals surface area contributed by atoms with Crippen molar-refractivity contribution < 1.29 is 51.5 Å². The molecule has 5 aliphatic rings. The number of rotatable bonds is 9. The van der Waals surface area contributed by atoms with Gasteiger partial charge in [0.05, 0.1) is 18.4 Å². The Morgan fingerprint density at radius 3 is 2.33 bits per heavy atom. The molecular formula is C29H35F5N4O6S. The molecule has 248 valence electrons. The van der Waals surface area contributed by atoms with Crippen molar-refractivity contribution in [3.05, 3.63) is 35.8 Å². The van der Waals surface area contributed by atoms with Crippen molar-refractivity contribution in [3.8, 4) is 11.3 Å². The molecule has 45 heavy (non-hydrogen) atoms. The van der Waals surface area contributed by atoms with Crippen LogP contribution in [0.5, 0.6) is 0 Å². The molecule has 2 bridgehead atoms. The lowest BCUT2D eigenvalue weighted by Crippen LogP contribution is -2.70. The van der Waals surface area contributed by atoms with Crippen LogP contribution in [0.1, 0.15) is 51.0 Å². The normalized spacial score (nSPS) is 34.0. The van der Waals surface area contributed by atoms with Gasteiger partial charge in [0.15, 0.2) is 17.5 Å². The van der Waals surface area contributed by atoms with E-state index < -0.39 is 89.4 Å². The first-order valence-corrected chi connectivity index (χ1v) is 15.7. The van der Waals surface area contributed by atoms with E-state index in [1.54, 1.807) is 11.9 Å². The molecule has 4 aliphatic carbocycles. The number of carbonyl (C=O) groups is 1. The molecule has 16 heteroatoms. The highest BCUT2D eigenvalue weighted by atomic mass is 32.2. The van der Waals surface area contributed by atoms with Gasteiger partial charge in [-0.15, -0.1) is 16.9 Å². The minimum atomic E-state index is -2.97. The summed E-state index contributed by atoms with van der Waals surface area (Å²) in [6, 6.07) is 0.345. The van der Waals surface area contributed by atoms with Gasteiger partial charge in [-0.1, -0.05) is 5.21 Å². The molecule has 6 atom stereocenters. The summed E-state index contributed by atoms with van der Waals surface area (Å²) < 4.78 is 82.6. The number of aliphatic hydroxyl groups excluding tert-OH is 2. The minimum Gasteiger partial charge on any atom is -0.394 e. The second-order valence-corrected chi connectivity index (χ2v) is 14.0. The summed E-state index contributed by atoms with van der Waals surface area (Å²) in [5.74, 6) is -7.38. The molecule has 1 aromatic carbocycles. The number of amides is 1. The van der Waals surface area contributed by atoms with E-state index in [1.165, 1.54) is 13.3 Å². The molecule has 1 saturated heterocycles. The third-order valence-corrected chi connectivity index (χ3v) is 11.6. The molecule has 2 heterocycles. The Morgan fingerprint density at radius 2 is 1.80 bits per heavy atom. The maximum Gasteiger partial charge on any atom is 0.248 e. The summed E-state index contributed by atoms with van der Waals surface area (Å²) in [7, 11) is 2.96. The summed E-state index contributed by atoms with van der Waals surface area (Å²) in [5.41, 5.74) is -3.45. The van der Waals surface area contributed by atoms with Gasteiger partial charge in [-0.2, -0.15) is 0 Å². The average molecular weight is 663 g/mol. The SMILES string of the molecule is CO[C@@H]1[C@@H](n2cc(-c3cc(F)c(F)c(F)c3)nn2)[C@@H](O)[C@@H](CO)O[C@H]1SC(C(=O)N(C)C12CC(C1)C2)C1(O)CCC(F)(F)CC1. The van der Waals surface area contributed by atoms with Crippen LogP contribution in [0.25, 0.3) is 11.3 Å². The minimum absolute atomic E-state index is 0.0585. The predicted octanol–water partition coefficient (Wildman–Crippen LogP) is 3.05. The first-order valence-electron chi connectivity index (χ1n) is 14.8. The molecule has 4 saturated carbocycles. The quantitative estimate of drug-likeness (QED) is 0.274. The van der Waals surface area contributed by atoms with Gasteiger partial charge in [-0.25, -0.2) is 26.6 Å². The average Bonchev–Trinajstić information content (AvgIpc) is 3.44. The number of halogens is 5. The number of thioether (sulfide) groups is 1. The van der Waals surface area contributed by atoms with Crippen LogP contribution in [-0.4, -0.2) is 108 Å². The summed E-state index contributed by atoms with van der Waals surface area (Å²) >= 11 is 0.879. The van der Waals surface area contributed by atoms with Crippen LogP contribution in [0.2, 0.25) is 0 Å². The molecule has 10 nitrogen and oxygen atoms in total. The molecule has 1 aromatic heterocycles. The van der Waals surface area contributed by atoms with Crippen molar-refractivity contribution in [1.82, 2.24) is 19.9 Å². The van der Waals surface area contributed by atoms with Crippen LogP contribution in [-0.2, 0) is 14.3 Å². The maximum absolute atomic E-state index is 14.2. The fraction of sp³-hybridized carbons (Fsp3) is 0.690. The summed E-state index contributed by atoms with van der Waals surface area (Å²) in [4.78, 5) is 15.7. The number of hydrogen-bond donors (Lipinski definition) is 3. The van der Waals surface area contributed by atoms with Gasteiger partial charge >= 0.3 is 0 Å². The van der Waals surface area contributed by atoms with E-state index in [4.69, 9.17) is 9.47 Å². The number of aliphatic hydroxyl groups is 3. The Balaban J connectivity index is 1.31. The summed E-state index contributed by atoms with van der Waals surface area (Å²) in [6.45, 7) is -0.666. The molecule has 0 radical (unpaired) electrons. The fourth-order valence-corrected chi connectivity index (χ4v) is 8.76. The lowest BCUT2D eigenvalue weighted by Gasteiger charge is -2.66. The molecular weight excluding hydrogens is 627 g/mol. The Bertz CT molecular complexity index is 1400. The van der Waals surface area contributed by atoms with Crippen LogP contribution in [0.4, 0.5) is 22.0 Å². The Labute approximate surface area is 259 Å². The number of hydrogen-bond acceptors (Lipinski definition) is 9. The van der Waals surface area contributed by atoms with Crippen LogP contribution in [0.3, 0.4) is 0 Å². The van der Waals surface area contributed by atoms with Crippen molar-refractivity contribution in [3.63, 3.8) is 0 Å². The highest BCUT2D eigenvalue weighted by molar-refractivity contribution is 8.01. The first kappa shape index (κ1) is 32.6. The van der Waals surface area contributed by atoms with E-state index in [2.05, 4.69) is 10.3 Å². The van der Waals surface area contributed by atoms with Gasteiger partial charge in [-0.3, -0.25) is 4.79 Å². The van der Waals surface area contributed by atoms with Crippen LogP contribution in [0.15, 0.2) is 18.3 Å². The van der Waals surface area contributed by atoms with Crippen LogP contribution in [0, 0.1) is 23.4 Å². The second kappa shape index (κ2) is 11.7. The zero-order chi connectivity index (χ0) is 32.5. The van der Waals surface area contributed by atoms with E-state index >= 15 is 0 Å². The molecule has 1 unspecified atom stereocenters. The molecule has 1 amide bonds. The molecule has 1 aliphatic heterocycles. The van der Waals surface area contributed by atoms with E-state index in [0.29, 0.717) is 5.92 Å². The van der Waals surface area contributed by atoms with Crippen molar-refractivity contribution in [2.24, 2.45) is 5.92 Å². The van der Waals surface area contributed by atoms with Crippen molar-refractivity contribution in [1.29, 1.82) is 0 Å². The van der Waals surface area contributed by atoms with Gasteiger partial charge in [0.2, 0.25) is 11.8 Å². The van der Waals surface area contributed by atoms with Crippen LogP contribution < -0.4 is 0 Å². The Morgan fingerprint density at radius 1 is 1.18 bits per heavy atom. The molecule has 2 aromatic rings. The molecule has 7 rings (SSSR count). The largest absolute Gasteiger partial charge is 0.394 e. The molecule has 3 N–H and O–H groups in total. The summed E-state index contributed by atoms with van der Waals surface area (Å²) in [6.07, 6.45) is -1.90. The van der Waals surface area contributed by atoms with Gasteiger partial charge in [0, 0.05) is 38.1 Å². The first-order chi connectivity index (χ1) is 21.2. The molecule has 5 fully saturated rings. The van der Waals surface area contributed by atoms with E-state index in [0.717, 1.165) is 47.8 Å². The topological polar surface area (TPSA) is 130 Å². The smallest absolute Gasteiger partial charge is 0.248 e. The number of nitrogens with zero attached hydrogens (tertiary/aromatic N) is 4. The molecule has 0 spiro atoms.